The Morgan fingerprint density at radius 3 is 1.13 bits per heavy atom. The van der Waals surface area contributed by atoms with Crippen molar-refractivity contribution in [1.29, 1.82) is 0 Å². The van der Waals surface area contributed by atoms with Gasteiger partial charge in [-0.1, -0.05) is 97.1 Å². The van der Waals surface area contributed by atoms with E-state index in [-0.39, 0.29) is 35.7 Å². The second-order valence-corrected chi connectivity index (χ2v) is 14.1. The summed E-state index contributed by atoms with van der Waals surface area (Å²) in [4.78, 5) is 24.5. The molecule has 4 heterocycles. The first-order valence-corrected chi connectivity index (χ1v) is 17.6. The van der Waals surface area contributed by atoms with Gasteiger partial charge in [0.05, 0.1) is 6.04 Å². The minimum absolute atomic E-state index is 0. The zero-order chi connectivity index (χ0) is 33.8. The molecule has 0 aromatic heterocycles. The van der Waals surface area contributed by atoms with Gasteiger partial charge < -0.3 is 5.48 Å². The lowest BCUT2D eigenvalue weighted by atomic mass is 9.77. The van der Waals surface area contributed by atoms with Crippen molar-refractivity contribution in [3.63, 3.8) is 0 Å². The van der Waals surface area contributed by atoms with Gasteiger partial charge in [0.25, 0.3) is 0 Å². The van der Waals surface area contributed by atoms with Crippen LogP contribution in [0.25, 0.3) is 43.1 Å². The first-order valence-electron chi connectivity index (χ1n) is 17.6. The number of hydroxylamine groups is 3. The predicted octanol–water partition coefficient (Wildman–Crippen LogP) is 10.1. The topological polar surface area (TPSA) is 80.8 Å². The van der Waals surface area contributed by atoms with E-state index in [1.807, 2.05) is 0 Å². The molecule has 8 aromatic carbocycles. The average molecular weight is 678 g/mol. The molecule has 8 aromatic rings. The summed E-state index contributed by atoms with van der Waals surface area (Å²) in [5.41, 5.74) is 13.2. The van der Waals surface area contributed by atoms with Crippen molar-refractivity contribution >= 4 is 49.0 Å². The fourth-order valence-corrected chi connectivity index (χ4v) is 8.84. The van der Waals surface area contributed by atoms with Crippen LogP contribution in [0.4, 0.5) is 0 Å². The van der Waals surface area contributed by atoms with Crippen molar-refractivity contribution in [2.24, 2.45) is 0 Å². The van der Waals surface area contributed by atoms with E-state index in [4.69, 9.17) is 9.68 Å². The fraction of sp³-hybridized carbons (Fsp3) is 0.109. The smallest absolute Gasteiger partial charge is 0.243 e. The highest BCUT2D eigenvalue weighted by atomic mass is 16.7. The Bertz CT molecular complexity index is 2510. The summed E-state index contributed by atoms with van der Waals surface area (Å²) in [5, 5.41) is 11.4. The van der Waals surface area contributed by atoms with Crippen LogP contribution < -0.4 is 5.48 Å². The maximum absolute atomic E-state index is 12.3. The molecule has 0 saturated heterocycles. The van der Waals surface area contributed by atoms with Gasteiger partial charge in [-0.25, -0.2) is 5.06 Å². The molecular formula is C46H33N2O4-. The number of rotatable bonds is 0. The van der Waals surface area contributed by atoms with Crippen LogP contribution in [0, 0.1) is 0 Å². The lowest BCUT2D eigenvalue weighted by Gasteiger charge is -2.46. The van der Waals surface area contributed by atoms with Crippen LogP contribution in [0.1, 0.15) is 75.7 Å². The molecule has 2 N–H and O–H groups in total. The molecule has 6 heteroatoms. The number of carbonyl (C=O) groups excluding carboxylic acids is 1. The van der Waals surface area contributed by atoms with Gasteiger partial charge in [0.1, 0.15) is 18.2 Å². The number of nitrogens with zero attached hydrogens (tertiary/aromatic N) is 1. The third-order valence-electron chi connectivity index (χ3n) is 11.2. The molecule has 4 aliphatic heterocycles. The number of benzene rings is 8. The van der Waals surface area contributed by atoms with Gasteiger partial charge in [0.2, 0.25) is 5.91 Å². The minimum Gasteiger partial charge on any atom is -0.870 e. The van der Waals surface area contributed by atoms with Crippen LogP contribution in [-0.4, -0.2) is 16.4 Å². The van der Waals surface area contributed by atoms with Crippen LogP contribution in [0.5, 0.6) is 0 Å². The molecule has 6 aliphatic rings. The summed E-state index contributed by atoms with van der Waals surface area (Å²) in [6, 6.07) is 51.8. The second kappa shape index (κ2) is 11.6. The minimum atomic E-state index is -0.252. The van der Waals surface area contributed by atoms with E-state index in [9.17, 15) is 4.79 Å². The van der Waals surface area contributed by atoms with Crippen molar-refractivity contribution in [2.45, 2.75) is 31.2 Å². The molecule has 0 saturated carbocycles. The Hall–Kier alpha value is -5.89. The van der Waals surface area contributed by atoms with Crippen LogP contribution in [0.2, 0.25) is 0 Å². The van der Waals surface area contributed by atoms with E-state index in [2.05, 4.69) is 151 Å². The summed E-state index contributed by atoms with van der Waals surface area (Å²) in [5.74, 6) is -0.0670. The lowest BCUT2D eigenvalue weighted by Crippen LogP contribution is -2.44. The first kappa shape index (κ1) is 30.9. The maximum atomic E-state index is 12.3. The SMILES string of the molecule is CC(=O)N1OC2c3cc4ccccc4cc3C1c1cc3ccccc3cc12.[OH-].c1ccc2cc3c(cc2c1)C1NOC3c2cc3ccccc3cc21. The number of hydrogen-bond acceptors (Lipinski definition) is 5. The normalized spacial score (nSPS) is 20.1. The van der Waals surface area contributed by atoms with Crippen molar-refractivity contribution in [1.82, 2.24) is 10.5 Å². The average Bonchev–Trinajstić information content (AvgIpc) is 3.18. The maximum Gasteiger partial charge on any atom is 0.243 e. The zero-order valence-electron chi connectivity index (χ0n) is 28.3. The van der Waals surface area contributed by atoms with E-state index < -0.39 is 0 Å². The van der Waals surface area contributed by atoms with E-state index in [0.29, 0.717) is 0 Å². The first-order chi connectivity index (χ1) is 25.1. The second-order valence-electron chi connectivity index (χ2n) is 14.1. The van der Waals surface area contributed by atoms with E-state index in [0.717, 1.165) is 0 Å². The number of fused-ring (bicyclic) bond motifs is 6. The van der Waals surface area contributed by atoms with Crippen LogP contribution >= 0.6 is 0 Å². The fourth-order valence-electron chi connectivity index (χ4n) is 8.84. The van der Waals surface area contributed by atoms with Gasteiger partial charge in [-0.15, -0.1) is 0 Å². The molecule has 6 nitrogen and oxygen atoms in total. The van der Waals surface area contributed by atoms with Crippen LogP contribution in [-0.2, 0) is 14.5 Å². The van der Waals surface area contributed by atoms with Crippen molar-refractivity contribution in [3.8, 4) is 0 Å². The number of carbonyl (C=O) groups is 1. The summed E-state index contributed by atoms with van der Waals surface area (Å²) < 4.78 is 0. The molecule has 0 fully saturated rings. The van der Waals surface area contributed by atoms with Crippen LogP contribution in [0.3, 0.4) is 0 Å². The Morgan fingerprint density at radius 1 is 0.481 bits per heavy atom. The number of hydrogen-bond donors (Lipinski definition) is 1. The highest BCUT2D eigenvalue weighted by molar-refractivity contribution is 5.90. The zero-order valence-corrected chi connectivity index (χ0v) is 28.3. The Morgan fingerprint density at radius 2 is 0.788 bits per heavy atom. The molecule has 0 radical (unpaired) electrons. The quantitative estimate of drug-likeness (QED) is 0.173. The van der Waals surface area contributed by atoms with Crippen molar-refractivity contribution < 1.29 is 19.9 Å². The van der Waals surface area contributed by atoms with E-state index in [1.165, 1.54) is 87.6 Å². The Kier molecular flexibility index (Phi) is 6.87. The molecule has 0 spiro atoms. The van der Waals surface area contributed by atoms with Crippen molar-refractivity contribution in [2.75, 3.05) is 0 Å². The van der Waals surface area contributed by atoms with E-state index in [1.54, 1.807) is 12.0 Å². The monoisotopic (exact) mass is 677 g/mol. The van der Waals surface area contributed by atoms with E-state index >= 15 is 0 Å². The largest absolute Gasteiger partial charge is 0.870 e. The molecule has 0 unspecified atom stereocenters. The summed E-state index contributed by atoms with van der Waals surface area (Å²) in [6.45, 7) is 1.57. The van der Waals surface area contributed by atoms with Gasteiger partial charge in [-0.3, -0.25) is 14.5 Å². The highest BCUT2D eigenvalue weighted by Crippen LogP contribution is 2.53. The predicted molar refractivity (Wildman–Crippen MR) is 203 cm³/mol. The third-order valence-corrected chi connectivity index (χ3v) is 11.2. The number of amides is 1. The third kappa shape index (κ3) is 4.49. The van der Waals surface area contributed by atoms with Gasteiger partial charge in [0, 0.05) is 6.92 Å². The summed E-state index contributed by atoms with van der Waals surface area (Å²) in [6.07, 6.45) is -0.285. The van der Waals surface area contributed by atoms with Gasteiger partial charge in [-0.05, 0) is 136 Å². The molecule has 1 amide bonds. The Balaban J connectivity index is 0.000000128. The molecule has 52 heavy (non-hydrogen) atoms. The lowest BCUT2D eigenvalue weighted by molar-refractivity contribution is -0.225. The molecule has 4 bridgehead atoms. The summed E-state index contributed by atoms with van der Waals surface area (Å²) in [7, 11) is 0. The molecule has 14 rings (SSSR count). The van der Waals surface area contributed by atoms with Gasteiger partial charge in [-0.2, -0.15) is 5.48 Å². The molecule has 2 aliphatic carbocycles. The van der Waals surface area contributed by atoms with Crippen LogP contribution in [0.15, 0.2) is 146 Å². The Labute approximate surface area is 300 Å². The standard InChI is InChI=1S/C24H17NO2.C22H15NO.H2O/c1-14(26)25-23-19-10-15-6-2-4-8-17(15)12-21(19)24(27-25)22-13-18-9-5-3-7-16(18)11-20(22)23;1-3-7-15-11-19-17(9-13(15)5-1)21-18-10-14-6-2-4-8-16(14)12-20(18)22(19)24-23-21;/h2-13,23-24H,1H3;1-12,21-23H;1H2/p-1. The molecular weight excluding hydrogens is 645 g/mol. The van der Waals surface area contributed by atoms with Gasteiger partial charge >= 0.3 is 0 Å². The van der Waals surface area contributed by atoms with Crippen molar-refractivity contribution in [3.05, 3.63) is 190 Å². The van der Waals surface area contributed by atoms with Gasteiger partial charge in [0.15, 0.2) is 0 Å². The highest BCUT2D eigenvalue weighted by Gasteiger charge is 2.45. The summed E-state index contributed by atoms with van der Waals surface area (Å²) >= 11 is 0. The molecule has 252 valence electrons. The number of nitrogens with one attached hydrogen (secondary N) is 1. The molecule has 0 atom stereocenters.